The topological polar surface area (TPSA) is 52.8 Å². The molecule has 2 aromatic rings. The minimum atomic E-state index is 0.357. The van der Waals surface area contributed by atoms with Gasteiger partial charge in [-0.25, -0.2) is 15.0 Å². The monoisotopic (exact) mass is 266 g/mol. The van der Waals surface area contributed by atoms with Gasteiger partial charge in [-0.1, -0.05) is 11.6 Å². The van der Waals surface area contributed by atoms with Gasteiger partial charge in [-0.2, -0.15) is 0 Å². The van der Waals surface area contributed by atoms with Crippen molar-refractivity contribution in [3.63, 3.8) is 0 Å². The van der Waals surface area contributed by atoms with Crippen LogP contribution in [-0.4, -0.2) is 26.6 Å². The third-order valence-corrected chi connectivity index (χ3v) is 2.74. The normalized spacial score (nSPS) is 10.8. The van der Waals surface area contributed by atoms with E-state index in [2.05, 4.69) is 26.4 Å². The Morgan fingerprint density at radius 1 is 1.39 bits per heavy atom. The Bertz CT molecular complexity index is 527. The van der Waals surface area contributed by atoms with E-state index >= 15 is 0 Å². The van der Waals surface area contributed by atoms with Gasteiger partial charge in [-0.3, -0.25) is 0 Å². The number of aryl methyl sites for hydroxylation is 1. The molecule has 0 unspecified atom stereocenters. The molecule has 0 spiro atoms. The summed E-state index contributed by atoms with van der Waals surface area (Å²) >= 11 is 5.97. The zero-order chi connectivity index (χ0) is 13.0. The van der Waals surface area contributed by atoms with Crippen molar-refractivity contribution in [1.29, 1.82) is 0 Å². The number of rotatable bonds is 5. The van der Waals surface area contributed by atoms with Crippen LogP contribution in [0.25, 0.3) is 0 Å². The summed E-state index contributed by atoms with van der Waals surface area (Å²) in [6, 6.07) is 1.76. The lowest BCUT2D eigenvalue weighted by atomic mass is 10.3. The molecule has 6 heteroatoms. The van der Waals surface area contributed by atoms with Crippen LogP contribution in [0.4, 0.5) is 0 Å². The molecule has 0 aromatic carbocycles. The highest BCUT2D eigenvalue weighted by Gasteiger charge is 2.07. The van der Waals surface area contributed by atoms with Gasteiger partial charge in [-0.15, -0.1) is 0 Å². The largest absolute Gasteiger partial charge is 0.377 e. The maximum atomic E-state index is 5.97. The van der Waals surface area contributed by atoms with Gasteiger partial charge in [0.25, 0.3) is 0 Å². The maximum Gasteiger partial charge on any atom is 0.155 e. The number of imidazole rings is 1. The molecule has 0 saturated carbocycles. The fourth-order valence-corrected chi connectivity index (χ4v) is 1.98. The molecule has 2 aromatic heterocycles. The highest BCUT2D eigenvalue weighted by atomic mass is 35.5. The molecule has 2 rings (SSSR count). The van der Waals surface area contributed by atoms with E-state index in [0.717, 1.165) is 18.1 Å². The molecular formula is C12H15ClN4O. The second-order valence-corrected chi connectivity index (χ2v) is 4.22. The summed E-state index contributed by atoms with van der Waals surface area (Å²) in [5.41, 5.74) is 0.850. The van der Waals surface area contributed by atoms with Crippen molar-refractivity contribution >= 4 is 11.6 Å². The van der Waals surface area contributed by atoms with E-state index in [0.29, 0.717) is 24.0 Å². The lowest BCUT2D eigenvalue weighted by molar-refractivity contribution is 0.177. The summed E-state index contributed by atoms with van der Waals surface area (Å²) in [4.78, 5) is 12.8. The molecule has 0 aliphatic heterocycles. The van der Waals surface area contributed by atoms with E-state index in [1.165, 1.54) is 0 Å². The molecule has 0 saturated heterocycles. The average molecular weight is 267 g/mol. The number of hydrogen-bond acceptors (Lipinski definition) is 4. The Labute approximate surface area is 111 Å². The summed E-state index contributed by atoms with van der Waals surface area (Å²) in [6.07, 6.45) is 4.38. The second kappa shape index (κ2) is 5.93. The van der Waals surface area contributed by atoms with Gasteiger partial charge < -0.3 is 9.30 Å². The lowest BCUT2D eigenvalue weighted by Crippen LogP contribution is -2.06. The lowest BCUT2D eigenvalue weighted by Gasteiger charge is -2.06. The van der Waals surface area contributed by atoms with Crippen LogP contribution in [0.1, 0.15) is 24.3 Å². The Kier molecular flexibility index (Phi) is 4.28. The molecule has 0 aliphatic carbocycles. The minimum absolute atomic E-state index is 0.357. The third-order valence-electron chi connectivity index (χ3n) is 2.55. The van der Waals surface area contributed by atoms with E-state index < -0.39 is 0 Å². The molecule has 0 aliphatic rings. The van der Waals surface area contributed by atoms with Crippen LogP contribution in [0, 0.1) is 0 Å². The maximum absolute atomic E-state index is 5.97. The van der Waals surface area contributed by atoms with E-state index in [1.54, 1.807) is 19.4 Å². The molecule has 0 bridgehead atoms. The van der Waals surface area contributed by atoms with E-state index in [-0.39, 0.29) is 0 Å². The molecule has 0 amide bonds. The van der Waals surface area contributed by atoms with Gasteiger partial charge in [0.05, 0.1) is 5.69 Å². The first-order valence-electron chi connectivity index (χ1n) is 5.74. The summed E-state index contributed by atoms with van der Waals surface area (Å²) < 4.78 is 7.09. The van der Waals surface area contributed by atoms with Gasteiger partial charge in [-0.05, 0) is 13.0 Å². The van der Waals surface area contributed by atoms with Crippen LogP contribution in [0.2, 0.25) is 5.15 Å². The zero-order valence-corrected chi connectivity index (χ0v) is 11.2. The van der Waals surface area contributed by atoms with Gasteiger partial charge in [0.2, 0.25) is 0 Å². The first-order valence-corrected chi connectivity index (χ1v) is 6.12. The van der Waals surface area contributed by atoms with Gasteiger partial charge in [0.1, 0.15) is 17.6 Å². The first-order chi connectivity index (χ1) is 8.72. The van der Waals surface area contributed by atoms with E-state index in [9.17, 15) is 0 Å². The van der Waals surface area contributed by atoms with Crippen molar-refractivity contribution < 1.29 is 4.74 Å². The second-order valence-electron chi connectivity index (χ2n) is 3.84. The molecule has 18 heavy (non-hydrogen) atoms. The number of ether oxygens (including phenoxy) is 1. The van der Waals surface area contributed by atoms with Crippen LogP contribution in [-0.2, 0) is 24.3 Å². The molecule has 96 valence electrons. The highest BCUT2D eigenvalue weighted by Crippen LogP contribution is 2.12. The quantitative estimate of drug-likeness (QED) is 0.778. The van der Waals surface area contributed by atoms with Gasteiger partial charge >= 0.3 is 0 Å². The van der Waals surface area contributed by atoms with Gasteiger partial charge in [0.15, 0.2) is 5.82 Å². The highest BCUT2D eigenvalue weighted by molar-refractivity contribution is 6.29. The van der Waals surface area contributed by atoms with Crippen LogP contribution in [0.3, 0.4) is 0 Å². The predicted molar refractivity (Wildman–Crippen MR) is 68.5 cm³/mol. The third kappa shape index (κ3) is 3.05. The molecule has 0 radical (unpaired) electrons. The first kappa shape index (κ1) is 13.0. The van der Waals surface area contributed by atoms with Gasteiger partial charge in [0, 0.05) is 32.5 Å². The zero-order valence-electron chi connectivity index (χ0n) is 10.4. The molecule has 0 fully saturated rings. The average Bonchev–Trinajstić information content (AvgIpc) is 2.76. The number of halogens is 1. The fourth-order valence-electron chi connectivity index (χ4n) is 1.76. The van der Waals surface area contributed by atoms with Crippen molar-refractivity contribution in [2.75, 3.05) is 7.11 Å². The molecule has 2 heterocycles. The van der Waals surface area contributed by atoms with Crippen molar-refractivity contribution in [2.24, 2.45) is 0 Å². The van der Waals surface area contributed by atoms with Crippen LogP contribution in [0.5, 0.6) is 0 Å². The van der Waals surface area contributed by atoms with Crippen LogP contribution < -0.4 is 0 Å². The number of nitrogens with zero attached hydrogens (tertiary/aromatic N) is 4. The molecule has 0 N–H and O–H groups in total. The number of aromatic nitrogens is 4. The van der Waals surface area contributed by atoms with Crippen molar-refractivity contribution in [3.8, 4) is 0 Å². The Morgan fingerprint density at radius 2 is 2.22 bits per heavy atom. The number of hydrogen-bond donors (Lipinski definition) is 0. The Morgan fingerprint density at radius 3 is 2.94 bits per heavy atom. The fraction of sp³-hybridized carbons (Fsp3) is 0.417. The van der Waals surface area contributed by atoms with Crippen molar-refractivity contribution in [3.05, 3.63) is 41.0 Å². The Hall–Kier alpha value is -1.46. The molecule has 0 atom stereocenters. The van der Waals surface area contributed by atoms with Crippen molar-refractivity contribution in [2.45, 2.75) is 26.5 Å². The van der Waals surface area contributed by atoms with Crippen LogP contribution >= 0.6 is 11.6 Å². The Balaban J connectivity index is 2.23. The smallest absolute Gasteiger partial charge is 0.155 e. The standard InChI is InChI=1S/C12H15ClN4O/c1-3-17-5-4-14-12(17)7-9-6-10(13)16-11(15-9)8-18-2/h4-6H,3,7-8H2,1-2H3. The van der Waals surface area contributed by atoms with Crippen LogP contribution in [0.15, 0.2) is 18.5 Å². The van der Waals surface area contributed by atoms with E-state index in [4.69, 9.17) is 16.3 Å². The summed E-state index contributed by atoms with van der Waals surface area (Å²) in [6.45, 7) is 3.32. The van der Waals surface area contributed by atoms with E-state index in [1.807, 2.05) is 6.20 Å². The predicted octanol–water partition coefficient (Wildman–Crippen LogP) is 2.08. The van der Waals surface area contributed by atoms with Crippen molar-refractivity contribution in [1.82, 2.24) is 19.5 Å². The summed E-state index contributed by atoms with van der Waals surface area (Å²) in [5, 5.41) is 0.432. The summed E-state index contributed by atoms with van der Waals surface area (Å²) in [5.74, 6) is 1.56. The molecule has 5 nitrogen and oxygen atoms in total. The number of methoxy groups -OCH3 is 1. The molecular weight excluding hydrogens is 252 g/mol. The SMILES string of the molecule is CCn1ccnc1Cc1cc(Cl)nc(COC)n1. The summed E-state index contributed by atoms with van der Waals surface area (Å²) in [7, 11) is 1.60. The minimum Gasteiger partial charge on any atom is -0.377 e.